The average Bonchev–Trinajstić information content (AvgIpc) is 3.04. The number of carbonyl (C=O) groups is 1. The van der Waals surface area contributed by atoms with E-state index >= 15 is 0 Å². The van der Waals surface area contributed by atoms with Crippen molar-refractivity contribution < 1.29 is 31.1 Å². The van der Waals surface area contributed by atoms with Crippen LogP contribution in [0.25, 0.3) is 0 Å². The predicted octanol–water partition coefficient (Wildman–Crippen LogP) is 4.46. The molecule has 0 bridgehead atoms. The number of likely N-dealkylation sites (tertiary alicyclic amines) is 1. The van der Waals surface area contributed by atoms with Crippen LogP contribution < -0.4 is 5.32 Å². The maximum absolute atomic E-state index is 13.0. The van der Waals surface area contributed by atoms with Crippen LogP contribution in [-0.2, 0) is 23.7 Å². The zero-order valence-electron chi connectivity index (χ0n) is 17.6. The molecule has 2 heterocycles. The number of nitrogens with one attached hydrogen (secondary N) is 1. The van der Waals surface area contributed by atoms with Gasteiger partial charge in [0, 0.05) is 26.2 Å². The van der Waals surface area contributed by atoms with E-state index in [1.165, 1.54) is 12.8 Å². The van der Waals surface area contributed by atoms with Gasteiger partial charge in [-0.1, -0.05) is 25.0 Å². The van der Waals surface area contributed by atoms with E-state index < -0.39 is 42.0 Å². The first kappa shape index (κ1) is 24.6. The van der Waals surface area contributed by atoms with Gasteiger partial charge in [-0.15, -0.1) is 0 Å². The Kier molecular flexibility index (Phi) is 7.87. The van der Waals surface area contributed by atoms with Crippen molar-refractivity contribution in [1.82, 2.24) is 15.1 Å². The number of rotatable bonds is 6. The van der Waals surface area contributed by atoms with E-state index in [0.717, 1.165) is 32.5 Å². The number of hydrogen-bond donors (Lipinski definition) is 1. The molecule has 0 spiro atoms. The Morgan fingerprint density at radius 2 is 1.50 bits per heavy atom. The van der Waals surface area contributed by atoms with Crippen molar-refractivity contribution in [2.24, 2.45) is 0 Å². The highest BCUT2D eigenvalue weighted by Crippen LogP contribution is 2.36. The summed E-state index contributed by atoms with van der Waals surface area (Å²) in [6.45, 7) is 3.68. The van der Waals surface area contributed by atoms with Crippen LogP contribution in [0.15, 0.2) is 30.4 Å². The van der Waals surface area contributed by atoms with Gasteiger partial charge in [0.05, 0.1) is 11.1 Å². The molecule has 2 aliphatic rings. The van der Waals surface area contributed by atoms with Crippen LogP contribution in [0, 0.1) is 0 Å². The second kappa shape index (κ2) is 10.2. The quantitative estimate of drug-likeness (QED) is 0.500. The van der Waals surface area contributed by atoms with Crippen molar-refractivity contribution in [2.75, 3.05) is 32.7 Å². The largest absolute Gasteiger partial charge is 0.416 e. The maximum Gasteiger partial charge on any atom is 0.416 e. The normalized spacial score (nSPS) is 21.0. The third-order valence-corrected chi connectivity index (χ3v) is 5.84. The van der Waals surface area contributed by atoms with Crippen LogP contribution in [-0.4, -0.2) is 54.5 Å². The Balaban J connectivity index is 1.61. The van der Waals surface area contributed by atoms with Gasteiger partial charge in [-0.2, -0.15) is 26.3 Å². The fraction of sp³-hybridized carbons (Fsp3) is 0.591. The summed E-state index contributed by atoms with van der Waals surface area (Å²) in [7, 11) is 0. The highest BCUT2D eigenvalue weighted by Gasteiger charge is 2.37. The molecule has 1 aromatic carbocycles. The molecule has 0 unspecified atom stereocenters. The molecule has 178 valence electrons. The first-order valence-electron chi connectivity index (χ1n) is 10.7. The second-order valence-corrected chi connectivity index (χ2v) is 8.26. The summed E-state index contributed by atoms with van der Waals surface area (Å²) in [6, 6.07) is 0.763. The lowest BCUT2D eigenvalue weighted by molar-refractivity contribution is -0.143. The molecule has 32 heavy (non-hydrogen) atoms. The van der Waals surface area contributed by atoms with Crippen molar-refractivity contribution in [3.8, 4) is 0 Å². The Morgan fingerprint density at radius 1 is 0.906 bits per heavy atom. The van der Waals surface area contributed by atoms with E-state index in [4.69, 9.17) is 0 Å². The molecule has 0 aromatic heterocycles. The van der Waals surface area contributed by atoms with E-state index in [0.29, 0.717) is 25.2 Å². The summed E-state index contributed by atoms with van der Waals surface area (Å²) in [6.07, 6.45) is -1.53. The van der Waals surface area contributed by atoms with Gasteiger partial charge in [-0.05, 0) is 49.7 Å². The molecule has 10 heteroatoms. The number of hydrogen-bond acceptors (Lipinski definition) is 3. The van der Waals surface area contributed by atoms with Crippen molar-refractivity contribution in [1.29, 1.82) is 0 Å². The average molecular weight is 463 g/mol. The van der Waals surface area contributed by atoms with Crippen LogP contribution in [0.1, 0.15) is 42.4 Å². The first-order valence-corrected chi connectivity index (χ1v) is 10.7. The lowest BCUT2D eigenvalue weighted by Crippen LogP contribution is -2.46. The SMILES string of the molecule is O=C(NCc1cc(C(F)(F)F)cc(C(F)(F)F)c1)[C@@H]1C=CCN1CCN1CCCCCC1. The smallest absolute Gasteiger partial charge is 0.350 e. The summed E-state index contributed by atoms with van der Waals surface area (Å²) in [5.41, 5.74) is -3.04. The van der Waals surface area contributed by atoms with Gasteiger partial charge in [-0.3, -0.25) is 9.69 Å². The summed E-state index contributed by atoms with van der Waals surface area (Å²) < 4.78 is 78.1. The number of nitrogens with zero attached hydrogens (tertiary/aromatic N) is 2. The van der Waals surface area contributed by atoms with E-state index in [1.54, 1.807) is 6.08 Å². The van der Waals surface area contributed by atoms with Crippen LogP contribution in [0.2, 0.25) is 0 Å². The lowest BCUT2D eigenvalue weighted by Gasteiger charge is -2.27. The van der Waals surface area contributed by atoms with Crippen LogP contribution >= 0.6 is 0 Å². The molecule has 3 rings (SSSR count). The van der Waals surface area contributed by atoms with Gasteiger partial charge < -0.3 is 10.2 Å². The topological polar surface area (TPSA) is 35.6 Å². The third kappa shape index (κ3) is 6.71. The van der Waals surface area contributed by atoms with Crippen LogP contribution in [0.4, 0.5) is 26.3 Å². The van der Waals surface area contributed by atoms with Gasteiger partial charge >= 0.3 is 12.4 Å². The van der Waals surface area contributed by atoms with Gasteiger partial charge in [0.15, 0.2) is 0 Å². The Hall–Kier alpha value is -2.07. The summed E-state index contributed by atoms with van der Waals surface area (Å²) in [5, 5.41) is 2.50. The minimum Gasteiger partial charge on any atom is -0.350 e. The standard InChI is InChI=1S/C22H27F6N3O/c23-21(24,25)17-12-16(13-18(14-17)22(26,27)28)15-29-20(32)19-6-5-9-31(19)11-10-30-7-3-1-2-4-8-30/h5-6,12-14,19H,1-4,7-11,15H2,(H,29,32)/t19-/m0/s1. The number of benzene rings is 1. The predicted molar refractivity (Wildman–Crippen MR) is 108 cm³/mol. The van der Waals surface area contributed by atoms with E-state index in [9.17, 15) is 31.1 Å². The summed E-state index contributed by atoms with van der Waals surface area (Å²) in [5.74, 6) is -0.444. The van der Waals surface area contributed by atoms with E-state index in [2.05, 4.69) is 10.2 Å². The fourth-order valence-corrected chi connectivity index (χ4v) is 4.09. The van der Waals surface area contributed by atoms with Crippen molar-refractivity contribution in [3.63, 3.8) is 0 Å². The molecule has 1 saturated heterocycles. The molecular weight excluding hydrogens is 436 g/mol. The third-order valence-electron chi connectivity index (χ3n) is 5.84. The summed E-state index contributed by atoms with van der Waals surface area (Å²) >= 11 is 0. The zero-order chi connectivity index (χ0) is 23.4. The van der Waals surface area contributed by atoms with Crippen LogP contribution in [0.5, 0.6) is 0 Å². The van der Waals surface area contributed by atoms with E-state index in [-0.39, 0.29) is 11.6 Å². The van der Waals surface area contributed by atoms with Crippen molar-refractivity contribution in [3.05, 3.63) is 47.0 Å². The Labute approximate surface area is 183 Å². The van der Waals surface area contributed by atoms with E-state index in [1.807, 2.05) is 11.0 Å². The van der Waals surface area contributed by atoms with Crippen molar-refractivity contribution in [2.45, 2.75) is 50.6 Å². The minimum absolute atomic E-state index is 0.0790. The number of carbonyl (C=O) groups excluding carboxylic acids is 1. The van der Waals surface area contributed by atoms with Gasteiger partial charge in [0.2, 0.25) is 5.91 Å². The highest BCUT2D eigenvalue weighted by atomic mass is 19.4. The molecular formula is C22H27F6N3O. The van der Waals surface area contributed by atoms with Gasteiger partial charge in [0.25, 0.3) is 0 Å². The molecule has 2 aliphatic heterocycles. The monoisotopic (exact) mass is 463 g/mol. The summed E-state index contributed by atoms with van der Waals surface area (Å²) in [4.78, 5) is 17.0. The van der Waals surface area contributed by atoms with Crippen molar-refractivity contribution >= 4 is 5.91 Å². The molecule has 1 fully saturated rings. The lowest BCUT2D eigenvalue weighted by atomic mass is 10.0. The maximum atomic E-state index is 13.0. The fourth-order valence-electron chi connectivity index (χ4n) is 4.09. The molecule has 1 amide bonds. The molecule has 0 aliphatic carbocycles. The molecule has 1 N–H and O–H groups in total. The Morgan fingerprint density at radius 3 is 2.06 bits per heavy atom. The van der Waals surface area contributed by atoms with Gasteiger partial charge in [0.1, 0.15) is 6.04 Å². The first-order chi connectivity index (χ1) is 15.0. The molecule has 1 atom stereocenters. The Bertz CT molecular complexity index is 781. The number of halogens is 6. The number of alkyl halides is 6. The molecule has 0 radical (unpaired) electrons. The zero-order valence-corrected chi connectivity index (χ0v) is 17.6. The number of amides is 1. The van der Waals surface area contributed by atoms with Crippen LogP contribution in [0.3, 0.4) is 0 Å². The highest BCUT2D eigenvalue weighted by molar-refractivity contribution is 5.84. The molecule has 1 aromatic rings. The second-order valence-electron chi connectivity index (χ2n) is 8.26. The van der Waals surface area contributed by atoms with Gasteiger partial charge in [-0.25, -0.2) is 0 Å². The molecule has 4 nitrogen and oxygen atoms in total. The minimum atomic E-state index is -4.92. The molecule has 0 saturated carbocycles.